The van der Waals surface area contributed by atoms with Gasteiger partial charge in [0.2, 0.25) is 5.91 Å². The number of hydrogen-bond donors (Lipinski definition) is 6. The second-order valence-corrected chi connectivity index (χ2v) is 8.03. The van der Waals surface area contributed by atoms with E-state index in [1.165, 1.54) is 31.2 Å². The molecule has 1 heterocycles. The van der Waals surface area contributed by atoms with Gasteiger partial charge >= 0.3 is 35.8 Å². The summed E-state index contributed by atoms with van der Waals surface area (Å²) in [5.41, 5.74) is 3.07. The number of carbonyl (C=O) groups is 7. The van der Waals surface area contributed by atoms with Gasteiger partial charge < -0.3 is 36.2 Å². The number of nitro benzene ring substituents is 1. The number of nitrogen functional groups attached to an aromatic ring is 1. The summed E-state index contributed by atoms with van der Waals surface area (Å²) in [4.78, 5) is 85.3. The molecule has 0 atom stereocenters. The number of halogens is 2. The topological polar surface area (TPSA) is 291 Å². The van der Waals surface area contributed by atoms with Crippen molar-refractivity contribution in [2.24, 2.45) is 0 Å². The van der Waals surface area contributed by atoms with Crippen LogP contribution in [-0.2, 0) is 9.53 Å². The summed E-state index contributed by atoms with van der Waals surface area (Å²) in [5, 5.41) is 47.5. The quantitative estimate of drug-likeness (QED) is 0.0501. The first-order valence-electron chi connectivity index (χ1n) is 11.5. The highest BCUT2D eigenvalue weighted by atomic mass is 128. The number of fused-ring (bicyclic) bond motifs is 1. The molecule has 0 aromatic heterocycles. The lowest BCUT2D eigenvalue weighted by atomic mass is 10.1. The predicted molar refractivity (Wildman–Crippen MR) is 170 cm³/mol. The van der Waals surface area contributed by atoms with Crippen molar-refractivity contribution in [1.82, 2.24) is 0 Å². The Labute approximate surface area is 274 Å². The molecule has 1 aliphatic rings. The summed E-state index contributed by atoms with van der Waals surface area (Å²) in [5.74, 6) is -7.51. The highest BCUT2D eigenvalue weighted by Gasteiger charge is 2.32. The van der Waals surface area contributed by atoms with Gasteiger partial charge in [-0.2, -0.15) is 0 Å². The number of amides is 1. The number of carboxylic acids is 4. The number of aromatic carboxylic acids is 4. The molecule has 0 spiro atoms. The standard InChI is InChI=1S/C10H7NO4.C8H5NO6.C8H7NO4.I2/c1-5(12)11-7-4-2-3-6-8(7)10(14)15-9(6)13;10-7(11)4-2-1-3-5(9(14)15)6(4)8(12)13;9-5-3-1-2-4(7(10)11)6(5)8(12)13;1-2/h2-4H,1H3,(H,11,12);1-3H,(H,10,11)(H,12,13);1-3H,9H2,(H,10,11)(H,12,13);. The van der Waals surface area contributed by atoms with Gasteiger partial charge in [0.05, 0.1) is 38.4 Å². The minimum absolute atomic E-state index is 0.0487. The maximum absolute atomic E-state index is 11.3. The van der Waals surface area contributed by atoms with Gasteiger partial charge in [-0.25, -0.2) is 28.8 Å². The van der Waals surface area contributed by atoms with Gasteiger partial charge in [-0.3, -0.25) is 14.9 Å². The Bertz CT molecular complexity index is 1680. The molecule has 4 rings (SSSR count). The fourth-order valence-electron chi connectivity index (χ4n) is 3.51. The summed E-state index contributed by atoms with van der Waals surface area (Å²) in [6.07, 6.45) is 0. The Morgan fingerprint density at radius 3 is 1.71 bits per heavy atom. The van der Waals surface area contributed by atoms with Crippen molar-refractivity contribution in [3.8, 4) is 0 Å². The van der Waals surface area contributed by atoms with Gasteiger partial charge in [0.1, 0.15) is 0 Å². The molecule has 7 N–H and O–H groups in total. The van der Waals surface area contributed by atoms with Crippen LogP contribution in [0, 0.1) is 10.1 Å². The Kier molecular flexibility index (Phi) is 14.5. The Balaban J connectivity index is 0.000000329. The van der Waals surface area contributed by atoms with E-state index in [0.717, 1.165) is 18.2 Å². The molecule has 17 nitrogen and oxygen atoms in total. The first kappa shape index (κ1) is 37.8. The first-order valence-corrected chi connectivity index (χ1v) is 17.8. The number of nitrogens with two attached hydrogens (primary N) is 1. The molecule has 0 bridgehead atoms. The van der Waals surface area contributed by atoms with E-state index in [9.17, 15) is 43.7 Å². The zero-order chi connectivity index (χ0) is 34.6. The fourth-order valence-corrected chi connectivity index (χ4v) is 3.51. The Morgan fingerprint density at radius 2 is 1.27 bits per heavy atom. The minimum Gasteiger partial charge on any atom is -0.478 e. The van der Waals surface area contributed by atoms with E-state index in [1.807, 2.05) is 0 Å². The van der Waals surface area contributed by atoms with E-state index in [4.69, 9.17) is 26.2 Å². The number of cyclic esters (lactones) is 2. The number of nitrogens with zero attached hydrogens (tertiary/aromatic N) is 1. The highest BCUT2D eigenvalue weighted by molar-refractivity contribution is 15.0. The third-order valence-electron chi connectivity index (χ3n) is 5.21. The number of carboxylic acid groups (broad SMARTS) is 4. The summed E-state index contributed by atoms with van der Waals surface area (Å²) >= 11 is 4.24. The first-order chi connectivity index (χ1) is 21.1. The molecule has 3 aromatic carbocycles. The third-order valence-corrected chi connectivity index (χ3v) is 5.21. The van der Waals surface area contributed by atoms with Crippen molar-refractivity contribution in [3.05, 3.63) is 98.1 Å². The van der Waals surface area contributed by atoms with Crippen LogP contribution < -0.4 is 11.1 Å². The molecule has 1 amide bonds. The Hall–Kier alpha value is -5.19. The van der Waals surface area contributed by atoms with Gasteiger partial charge in [0.15, 0.2) is 5.56 Å². The van der Waals surface area contributed by atoms with Crippen LogP contribution in [0.25, 0.3) is 0 Å². The lowest BCUT2D eigenvalue weighted by Crippen LogP contribution is -2.10. The Morgan fingerprint density at radius 1 is 0.778 bits per heavy atom. The van der Waals surface area contributed by atoms with Crippen LogP contribution in [0.3, 0.4) is 0 Å². The van der Waals surface area contributed by atoms with Crippen LogP contribution in [0.15, 0.2) is 54.6 Å². The van der Waals surface area contributed by atoms with Gasteiger partial charge in [0.25, 0.3) is 5.69 Å². The van der Waals surface area contributed by atoms with E-state index in [1.54, 1.807) is 12.1 Å². The summed E-state index contributed by atoms with van der Waals surface area (Å²) in [6.45, 7) is 1.32. The molecular formula is C26H19I2N3O14. The van der Waals surface area contributed by atoms with Gasteiger partial charge in [-0.15, -0.1) is 0 Å². The van der Waals surface area contributed by atoms with Crippen molar-refractivity contribution >= 4 is 96.0 Å². The van der Waals surface area contributed by atoms with E-state index in [0.29, 0.717) is 5.69 Å². The molecule has 3 aromatic rings. The molecule has 0 saturated carbocycles. The number of benzene rings is 3. The maximum atomic E-state index is 11.3. The van der Waals surface area contributed by atoms with Crippen LogP contribution in [0.5, 0.6) is 0 Å². The van der Waals surface area contributed by atoms with Crippen LogP contribution in [0.2, 0.25) is 0 Å². The average Bonchev–Trinajstić information content (AvgIpc) is 3.27. The third kappa shape index (κ3) is 9.92. The largest absolute Gasteiger partial charge is 0.478 e. The zero-order valence-electron chi connectivity index (χ0n) is 22.3. The molecule has 0 aliphatic carbocycles. The number of rotatable bonds is 6. The highest BCUT2D eigenvalue weighted by Crippen LogP contribution is 2.27. The lowest BCUT2D eigenvalue weighted by Gasteiger charge is -2.03. The molecule has 19 heteroatoms. The van der Waals surface area contributed by atoms with Crippen LogP contribution >= 0.6 is 37.2 Å². The number of ether oxygens (including phenoxy) is 1. The van der Waals surface area contributed by atoms with Crippen molar-refractivity contribution in [3.63, 3.8) is 0 Å². The molecular weight excluding hydrogens is 832 g/mol. The molecule has 236 valence electrons. The number of esters is 2. The lowest BCUT2D eigenvalue weighted by molar-refractivity contribution is -0.385. The van der Waals surface area contributed by atoms with Gasteiger partial charge in [-0.05, 0) is 30.3 Å². The van der Waals surface area contributed by atoms with Gasteiger partial charge in [0, 0.05) is 55.9 Å². The van der Waals surface area contributed by atoms with Crippen LogP contribution in [0.4, 0.5) is 17.1 Å². The molecule has 1 aliphatic heterocycles. The molecule has 0 saturated heterocycles. The second-order valence-electron chi connectivity index (χ2n) is 8.03. The minimum atomic E-state index is -1.64. The van der Waals surface area contributed by atoms with Crippen LogP contribution in [-0.4, -0.2) is 67.1 Å². The van der Waals surface area contributed by atoms with E-state index < -0.39 is 57.6 Å². The van der Waals surface area contributed by atoms with E-state index in [-0.39, 0.29) is 33.8 Å². The number of anilines is 2. The average molecular weight is 851 g/mol. The zero-order valence-corrected chi connectivity index (χ0v) is 26.7. The fraction of sp³-hybridized carbons (Fsp3) is 0.0385. The summed E-state index contributed by atoms with van der Waals surface area (Å²) in [6, 6.07) is 11.6. The molecule has 0 fully saturated rings. The maximum Gasteiger partial charge on any atom is 0.349 e. The SMILES string of the molecule is CC(=O)Nc1cccc2c1C(=O)OC2=O.II.Nc1cccc(C(=O)O)c1C(=O)O.O=C(O)c1cccc([N+](=O)[O-])c1C(=O)O. The number of carbonyl (C=O) groups excluding carboxylic acids is 3. The predicted octanol–water partition coefficient (Wildman–Crippen LogP) is 4.38. The van der Waals surface area contributed by atoms with E-state index in [2.05, 4.69) is 47.3 Å². The van der Waals surface area contributed by atoms with Crippen molar-refractivity contribution in [2.75, 3.05) is 11.1 Å². The molecule has 0 radical (unpaired) electrons. The summed E-state index contributed by atoms with van der Waals surface area (Å²) < 4.78 is 4.42. The van der Waals surface area contributed by atoms with Crippen molar-refractivity contribution in [2.45, 2.75) is 6.92 Å². The number of hydrogen-bond acceptors (Lipinski definition) is 11. The second kappa shape index (κ2) is 17.2. The smallest absolute Gasteiger partial charge is 0.349 e. The number of nitro groups is 1. The molecule has 0 unspecified atom stereocenters. The summed E-state index contributed by atoms with van der Waals surface area (Å²) in [7, 11) is 0. The van der Waals surface area contributed by atoms with Gasteiger partial charge in [-0.1, -0.05) is 18.2 Å². The monoisotopic (exact) mass is 851 g/mol. The number of nitrogens with one attached hydrogen (secondary N) is 1. The van der Waals surface area contributed by atoms with E-state index >= 15 is 0 Å². The van der Waals surface area contributed by atoms with Crippen molar-refractivity contribution in [1.29, 1.82) is 0 Å². The normalized spacial score (nSPS) is 10.6. The van der Waals surface area contributed by atoms with Crippen LogP contribution in [0.1, 0.15) is 69.1 Å². The molecule has 45 heavy (non-hydrogen) atoms. The van der Waals surface area contributed by atoms with Crippen molar-refractivity contribution < 1.29 is 63.6 Å².